The van der Waals surface area contributed by atoms with Crippen LogP contribution >= 0.6 is 11.3 Å². The Morgan fingerprint density at radius 1 is 1.38 bits per heavy atom. The molecule has 1 amide bonds. The van der Waals surface area contributed by atoms with Gasteiger partial charge in [0.1, 0.15) is 0 Å². The van der Waals surface area contributed by atoms with Crippen molar-refractivity contribution in [1.29, 1.82) is 0 Å². The van der Waals surface area contributed by atoms with Gasteiger partial charge in [-0.3, -0.25) is 9.69 Å². The molecule has 0 radical (unpaired) electrons. The van der Waals surface area contributed by atoms with Crippen LogP contribution in [0.15, 0.2) is 17.5 Å². The minimum atomic E-state index is 0.129. The van der Waals surface area contributed by atoms with Crippen molar-refractivity contribution in [2.45, 2.75) is 57.5 Å². The smallest absolute Gasteiger partial charge is 0.234 e. The van der Waals surface area contributed by atoms with E-state index in [1.54, 1.807) is 11.3 Å². The molecule has 1 aliphatic carbocycles. The summed E-state index contributed by atoms with van der Waals surface area (Å²) in [5, 5.41) is 5.22. The highest BCUT2D eigenvalue weighted by Crippen LogP contribution is 2.35. The van der Waals surface area contributed by atoms with Crippen LogP contribution in [0.4, 0.5) is 0 Å². The maximum Gasteiger partial charge on any atom is 0.234 e. The number of carbonyl (C=O) groups excluding carboxylic acids is 1. The number of amides is 1. The first-order chi connectivity index (χ1) is 10.2. The van der Waals surface area contributed by atoms with Gasteiger partial charge < -0.3 is 5.32 Å². The molecule has 21 heavy (non-hydrogen) atoms. The van der Waals surface area contributed by atoms with E-state index >= 15 is 0 Å². The molecule has 1 aliphatic heterocycles. The van der Waals surface area contributed by atoms with Gasteiger partial charge in [-0.15, -0.1) is 11.3 Å². The van der Waals surface area contributed by atoms with E-state index in [1.807, 2.05) is 6.07 Å². The summed E-state index contributed by atoms with van der Waals surface area (Å²) in [4.78, 5) is 16.0. The highest BCUT2D eigenvalue weighted by Gasteiger charge is 2.33. The van der Waals surface area contributed by atoms with Crippen molar-refractivity contribution in [2.24, 2.45) is 5.92 Å². The SMILES string of the molecule is CC(NC(=O)CN1CCCC2CCCCC21)c1cccs1. The van der Waals surface area contributed by atoms with Crippen molar-refractivity contribution >= 4 is 17.2 Å². The molecular formula is C17H26N2OS. The summed E-state index contributed by atoms with van der Waals surface area (Å²) in [6.07, 6.45) is 8.01. The summed E-state index contributed by atoms with van der Waals surface area (Å²) < 4.78 is 0. The Kier molecular flexibility index (Phi) is 4.96. The molecule has 1 saturated carbocycles. The van der Waals surface area contributed by atoms with E-state index in [4.69, 9.17) is 0 Å². The molecule has 3 rings (SSSR count). The number of likely N-dealkylation sites (tertiary alicyclic amines) is 1. The number of nitrogens with one attached hydrogen (secondary N) is 1. The summed E-state index contributed by atoms with van der Waals surface area (Å²) in [6, 6.07) is 4.92. The van der Waals surface area contributed by atoms with Gasteiger partial charge >= 0.3 is 0 Å². The highest BCUT2D eigenvalue weighted by atomic mass is 32.1. The minimum Gasteiger partial charge on any atom is -0.348 e. The number of nitrogens with zero attached hydrogens (tertiary/aromatic N) is 1. The number of carbonyl (C=O) groups is 1. The zero-order valence-corrected chi connectivity index (χ0v) is 13.7. The molecule has 0 spiro atoms. The van der Waals surface area contributed by atoms with Crippen LogP contribution in [-0.4, -0.2) is 29.9 Å². The van der Waals surface area contributed by atoms with Crippen LogP contribution in [0.5, 0.6) is 0 Å². The van der Waals surface area contributed by atoms with Gasteiger partial charge in [0, 0.05) is 10.9 Å². The molecule has 1 aromatic heterocycles. The van der Waals surface area contributed by atoms with Crippen molar-refractivity contribution in [3.63, 3.8) is 0 Å². The Bertz CT molecular complexity index is 457. The summed E-state index contributed by atoms with van der Waals surface area (Å²) in [7, 11) is 0. The number of piperidine rings is 1. The first-order valence-corrected chi connectivity index (χ1v) is 9.19. The molecule has 4 heteroatoms. The lowest BCUT2D eigenvalue weighted by Gasteiger charge is -2.43. The maximum absolute atomic E-state index is 12.3. The predicted molar refractivity (Wildman–Crippen MR) is 87.4 cm³/mol. The number of rotatable bonds is 4. The third-order valence-electron chi connectivity index (χ3n) is 5.05. The van der Waals surface area contributed by atoms with Crippen molar-refractivity contribution in [2.75, 3.05) is 13.1 Å². The fourth-order valence-corrected chi connectivity index (χ4v) is 4.74. The zero-order valence-electron chi connectivity index (χ0n) is 12.9. The number of thiophene rings is 1. The predicted octanol–water partition coefficient (Wildman–Crippen LogP) is 3.58. The normalized spacial score (nSPS) is 27.9. The Labute approximate surface area is 131 Å². The molecule has 2 fully saturated rings. The van der Waals surface area contributed by atoms with E-state index in [0.717, 1.165) is 12.5 Å². The lowest BCUT2D eigenvalue weighted by Crippen LogP contribution is -2.50. The van der Waals surface area contributed by atoms with E-state index in [-0.39, 0.29) is 11.9 Å². The number of hydrogen-bond donors (Lipinski definition) is 1. The summed E-state index contributed by atoms with van der Waals surface area (Å²) in [5.41, 5.74) is 0. The van der Waals surface area contributed by atoms with Crippen molar-refractivity contribution < 1.29 is 4.79 Å². The second kappa shape index (κ2) is 6.93. The van der Waals surface area contributed by atoms with Crippen molar-refractivity contribution in [1.82, 2.24) is 10.2 Å². The standard InChI is InChI=1S/C17H26N2OS/c1-13(16-9-5-11-21-16)18-17(20)12-19-10-4-7-14-6-2-3-8-15(14)19/h5,9,11,13-15H,2-4,6-8,10,12H2,1H3,(H,18,20). The molecule has 1 saturated heterocycles. The van der Waals surface area contributed by atoms with Gasteiger partial charge in [0.2, 0.25) is 5.91 Å². The first-order valence-electron chi connectivity index (χ1n) is 8.31. The molecule has 2 aliphatic rings. The van der Waals surface area contributed by atoms with Crippen LogP contribution in [0, 0.1) is 5.92 Å². The van der Waals surface area contributed by atoms with Crippen LogP contribution in [-0.2, 0) is 4.79 Å². The quantitative estimate of drug-likeness (QED) is 0.922. The van der Waals surface area contributed by atoms with E-state index in [2.05, 4.69) is 28.6 Å². The third-order valence-corrected chi connectivity index (χ3v) is 6.11. The Hall–Kier alpha value is -0.870. The monoisotopic (exact) mass is 306 g/mol. The van der Waals surface area contributed by atoms with Gasteiger partial charge in [0.25, 0.3) is 0 Å². The summed E-state index contributed by atoms with van der Waals surface area (Å²) in [6.45, 7) is 3.75. The lowest BCUT2D eigenvalue weighted by molar-refractivity contribution is -0.124. The van der Waals surface area contributed by atoms with E-state index in [0.29, 0.717) is 12.6 Å². The van der Waals surface area contributed by atoms with E-state index in [1.165, 1.54) is 43.4 Å². The summed E-state index contributed by atoms with van der Waals surface area (Å²) in [5.74, 6) is 1.03. The van der Waals surface area contributed by atoms with Gasteiger partial charge in [0.05, 0.1) is 12.6 Å². The topological polar surface area (TPSA) is 32.3 Å². The van der Waals surface area contributed by atoms with Crippen molar-refractivity contribution in [3.8, 4) is 0 Å². The fourth-order valence-electron chi connectivity index (χ4n) is 4.00. The van der Waals surface area contributed by atoms with Gasteiger partial charge in [-0.2, -0.15) is 0 Å². The Morgan fingerprint density at radius 2 is 2.19 bits per heavy atom. The van der Waals surface area contributed by atoms with Crippen LogP contribution in [0.1, 0.15) is 56.4 Å². The molecule has 0 aromatic carbocycles. The largest absolute Gasteiger partial charge is 0.348 e. The molecule has 0 bridgehead atoms. The average molecular weight is 306 g/mol. The second-order valence-electron chi connectivity index (χ2n) is 6.53. The lowest BCUT2D eigenvalue weighted by atomic mass is 9.78. The Morgan fingerprint density at radius 3 is 3.00 bits per heavy atom. The molecule has 116 valence electrons. The van der Waals surface area contributed by atoms with E-state index < -0.39 is 0 Å². The maximum atomic E-state index is 12.3. The van der Waals surface area contributed by atoms with E-state index in [9.17, 15) is 4.79 Å². The van der Waals surface area contributed by atoms with Gasteiger partial charge in [0.15, 0.2) is 0 Å². The second-order valence-corrected chi connectivity index (χ2v) is 7.51. The minimum absolute atomic E-state index is 0.129. The van der Waals surface area contributed by atoms with Gasteiger partial charge in [-0.05, 0) is 56.5 Å². The first kappa shape index (κ1) is 15.0. The molecule has 1 N–H and O–H groups in total. The number of fused-ring (bicyclic) bond motifs is 1. The Balaban J connectivity index is 1.54. The van der Waals surface area contributed by atoms with Crippen LogP contribution in [0.2, 0.25) is 0 Å². The summed E-state index contributed by atoms with van der Waals surface area (Å²) >= 11 is 1.71. The third kappa shape index (κ3) is 3.67. The van der Waals surface area contributed by atoms with Crippen LogP contribution in [0.25, 0.3) is 0 Å². The molecule has 3 nitrogen and oxygen atoms in total. The molecular weight excluding hydrogens is 280 g/mol. The van der Waals surface area contributed by atoms with Crippen LogP contribution in [0.3, 0.4) is 0 Å². The van der Waals surface area contributed by atoms with Gasteiger partial charge in [-0.25, -0.2) is 0 Å². The zero-order chi connectivity index (χ0) is 14.7. The number of hydrogen-bond acceptors (Lipinski definition) is 3. The average Bonchev–Trinajstić information content (AvgIpc) is 3.02. The molecule has 3 atom stereocenters. The van der Waals surface area contributed by atoms with Crippen molar-refractivity contribution in [3.05, 3.63) is 22.4 Å². The molecule has 1 aromatic rings. The highest BCUT2D eigenvalue weighted by molar-refractivity contribution is 7.10. The van der Waals surface area contributed by atoms with Gasteiger partial charge in [-0.1, -0.05) is 18.9 Å². The fraction of sp³-hybridized carbons (Fsp3) is 0.706. The molecule has 2 heterocycles. The van der Waals surface area contributed by atoms with Crippen LogP contribution < -0.4 is 5.32 Å². The molecule has 3 unspecified atom stereocenters.